The molecule has 1 aromatic heterocycles. The number of cyclic esters (lactones) is 1. The second-order valence-corrected chi connectivity index (χ2v) is 15.3. The van der Waals surface area contributed by atoms with E-state index in [4.69, 9.17) is 14.5 Å². The maximum atomic E-state index is 14.5. The molecule has 8 heteroatoms. The van der Waals surface area contributed by atoms with E-state index < -0.39 is 34.9 Å². The maximum absolute atomic E-state index is 14.5. The number of aryl methyl sites for hydroxylation is 1. The molecule has 4 bridgehead atoms. The van der Waals surface area contributed by atoms with E-state index in [9.17, 15) is 19.2 Å². The number of pyridine rings is 1. The number of amides is 1. The molecule has 0 unspecified atom stereocenters. The summed E-state index contributed by atoms with van der Waals surface area (Å²) < 4.78 is 12.4. The Morgan fingerprint density at radius 2 is 1.84 bits per heavy atom. The van der Waals surface area contributed by atoms with Gasteiger partial charge in [0.25, 0.3) is 0 Å². The molecule has 0 N–H and O–H groups in total. The molecule has 0 radical (unpaired) electrons. The van der Waals surface area contributed by atoms with Crippen LogP contribution in [0.2, 0.25) is 0 Å². The average Bonchev–Trinajstić information content (AvgIpc) is 3.63. The number of nitrogens with zero attached hydrogens (tertiary/aromatic N) is 2. The van der Waals surface area contributed by atoms with E-state index in [2.05, 4.69) is 18.7 Å². The van der Waals surface area contributed by atoms with Gasteiger partial charge in [0.2, 0.25) is 5.91 Å². The third-order valence-corrected chi connectivity index (χ3v) is 10.8. The summed E-state index contributed by atoms with van der Waals surface area (Å²) in [5.74, 6) is -0.976. The van der Waals surface area contributed by atoms with Gasteiger partial charge in [-0.25, -0.2) is 4.98 Å². The van der Waals surface area contributed by atoms with Crippen LogP contribution in [0.15, 0.2) is 67.3 Å². The minimum atomic E-state index is -0.792. The third-order valence-electron chi connectivity index (χ3n) is 10.8. The van der Waals surface area contributed by atoms with Crippen molar-refractivity contribution in [3.05, 3.63) is 72.8 Å². The zero-order valence-corrected chi connectivity index (χ0v) is 29.2. The van der Waals surface area contributed by atoms with Crippen molar-refractivity contribution in [1.82, 2.24) is 9.88 Å². The number of benzene rings is 2. The van der Waals surface area contributed by atoms with Crippen molar-refractivity contribution in [1.29, 1.82) is 0 Å². The van der Waals surface area contributed by atoms with E-state index in [1.54, 1.807) is 11.0 Å². The summed E-state index contributed by atoms with van der Waals surface area (Å²) in [6.07, 6.45) is 5.53. The number of hydrogen-bond donors (Lipinski definition) is 0. The molecule has 2 aromatic carbocycles. The number of ether oxygens (including phenoxy) is 2. The molecule has 3 heterocycles. The van der Waals surface area contributed by atoms with Gasteiger partial charge in [-0.2, -0.15) is 0 Å². The largest absolute Gasteiger partial charge is 0.488 e. The standard InChI is InChI=1S/C41H48N2O6/c1-6-29-23-41(29,26(2)44)24-36(45)35-20-30-25-43(35)39(47)32(40(3,4)5)21-38(46)48-18-12-8-9-13-27-16-17-33-31(19-27)37(49-30)22-34(42-33)28-14-10-7-11-15-28/h6-7,10-11,14-17,19,22,29-30,32,35H,1,8-9,12-13,18,20-21,23-25H2,2-5H3/t29-,30-,32-,35+,41+/m1/s1. The number of esters is 1. The van der Waals surface area contributed by atoms with Gasteiger partial charge in [0.15, 0.2) is 5.78 Å². The van der Waals surface area contributed by atoms with Gasteiger partial charge in [0.05, 0.1) is 42.7 Å². The number of fused-ring (bicyclic) bond motifs is 3. The van der Waals surface area contributed by atoms with E-state index >= 15 is 0 Å². The second kappa shape index (κ2) is 13.9. The van der Waals surface area contributed by atoms with E-state index in [1.807, 2.05) is 63.2 Å². The minimum absolute atomic E-state index is 0.0328. The molecular weight excluding hydrogens is 616 g/mol. The first kappa shape index (κ1) is 34.5. The van der Waals surface area contributed by atoms with Crippen LogP contribution in [-0.4, -0.2) is 58.6 Å². The van der Waals surface area contributed by atoms with Crippen LogP contribution in [0.5, 0.6) is 5.75 Å². The van der Waals surface area contributed by atoms with Crippen molar-refractivity contribution in [2.24, 2.45) is 22.7 Å². The number of carbonyl (C=O) groups is 4. The first-order valence-corrected chi connectivity index (χ1v) is 17.7. The van der Waals surface area contributed by atoms with Gasteiger partial charge < -0.3 is 14.4 Å². The predicted octanol–water partition coefficient (Wildman–Crippen LogP) is 7.31. The average molecular weight is 665 g/mol. The summed E-state index contributed by atoms with van der Waals surface area (Å²) in [7, 11) is 0. The fourth-order valence-corrected chi connectivity index (χ4v) is 7.65. The zero-order chi connectivity index (χ0) is 34.9. The summed E-state index contributed by atoms with van der Waals surface area (Å²) in [5.41, 5.74) is 2.35. The summed E-state index contributed by atoms with van der Waals surface area (Å²) in [5, 5.41) is 0.884. The van der Waals surface area contributed by atoms with Crippen LogP contribution >= 0.6 is 0 Å². The highest BCUT2D eigenvalue weighted by Gasteiger charge is 2.58. The number of hydrogen-bond acceptors (Lipinski definition) is 7. The van der Waals surface area contributed by atoms with E-state index in [0.717, 1.165) is 53.4 Å². The van der Waals surface area contributed by atoms with Crippen molar-refractivity contribution < 1.29 is 28.7 Å². The van der Waals surface area contributed by atoms with E-state index in [0.29, 0.717) is 18.8 Å². The number of Topliss-reactive ketones (excluding diaryl/α,β-unsaturated/α-hetero) is 2. The monoisotopic (exact) mass is 664 g/mol. The lowest BCUT2D eigenvalue weighted by Crippen LogP contribution is -2.48. The van der Waals surface area contributed by atoms with Gasteiger partial charge in [-0.1, -0.05) is 63.2 Å². The number of rotatable bonds is 6. The molecule has 49 heavy (non-hydrogen) atoms. The molecule has 8 nitrogen and oxygen atoms in total. The Morgan fingerprint density at radius 3 is 2.53 bits per heavy atom. The molecule has 0 spiro atoms. The number of carbonyl (C=O) groups excluding carboxylic acids is 4. The van der Waals surface area contributed by atoms with Crippen LogP contribution in [0.25, 0.3) is 22.2 Å². The lowest BCUT2D eigenvalue weighted by atomic mass is 9.77. The van der Waals surface area contributed by atoms with Crippen LogP contribution in [0, 0.1) is 22.7 Å². The minimum Gasteiger partial charge on any atom is -0.488 e. The van der Waals surface area contributed by atoms with Gasteiger partial charge >= 0.3 is 5.97 Å². The highest BCUT2D eigenvalue weighted by Crippen LogP contribution is 2.57. The lowest BCUT2D eigenvalue weighted by molar-refractivity contribution is -0.153. The molecule has 2 fully saturated rings. The number of ketones is 2. The van der Waals surface area contributed by atoms with E-state index in [1.165, 1.54) is 6.92 Å². The van der Waals surface area contributed by atoms with Crippen LogP contribution in [-0.2, 0) is 30.3 Å². The van der Waals surface area contributed by atoms with Gasteiger partial charge in [-0.05, 0) is 68.1 Å². The molecule has 3 aromatic rings. The summed E-state index contributed by atoms with van der Waals surface area (Å²) in [4.78, 5) is 61.2. The van der Waals surface area contributed by atoms with Gasteiger partial charge in [0, 0.05) is 35.3 Å². The van der Waals surface area contributed by atoms with Crippen LogP contribution in [0.4, 0.5) is 0 Å². The molecular formula is C41H48N2O6. The van der Waals surface area contributed by atoms with Crippen molar-refractivity contribution in [3.8, 4) is 17.0 Å². The Hall–Kier alpha value is -4.33. The van der Waals surface area contributed by atoms with Crippen molar-refractivity contribution in [2.45, 2.75) is 91.2 Å². The van der Waals surface area contributed by atoms with Gasteiger partial charge in [-0.3, -0.25) is 19.2 Å². The molecule has 1 amide bonds. The summed E-state index contributed by atoms with van der Waals surface area (Å²) >= 11 is 0. The fraction of sp³-hybridized carbons (Fsp3) is 0.488. The first-order valence-electron chi connectivity index (χ1n) is 17.7. The smallest absolute Gasteiger partial charge is 0.306 e. The zero-order valence-electron chi connectivity index (χ0n) is 29.2. The van der Waals surface area contributed by atoms with Crippen LogP contribution in [0.1, 0.15) is 78.2 Å². The second-order valence-electron chi connectivity index (χ2n) is 15.3. The first-order chi connectivity index (χ1) is 23.4. The molecule has 1 saturated heterocycles. The third kappa shape index (κ3) is 7.34. The van der Waals surface area contributed by atoms with Crippen molar-refractivity contribution in [2.75, 3.05) is 13.2 Å². The Bertz CT molecular complexity index is 1760. The summed E-state index contributed by atoms with van der Waals surface area (Å²) in [6.45, 7) is 11.7. The molecule has 258 valence electrons. The molecule has 2 aliphatic heterocycles. The Labute approximate surface area is 289 Å². The number of allylic oxidation sites excluding steroid dienone is 1. The predicted molar refractivity (Wildman–Crippen MR) is 189 cm³/mol. The molecule has 1 aliphatic carbocycles. The molecule has 1 saturated carbocycles. The maximum Gasteiger partial charge on any atom is 0.306 e. The summed E-state index contributed by atoms with van der Waals surface area (Å²) in [6, 6.07) is 17.4. The fourth-order valence-electron chi connectivity index (χ4n) is 7.65. The molecule has 6 rings (SSSR count). The Morgan fingerprint density at radius 1 is 1.06 bits per heavy atom. The SMILES string of the molecule is C=C[C@@H]1C[C@]1(CC(=O)[C@@H]1C[C@@H]2CN1C(=O)[C@H](C(C)(C)C)CC(=O)OCCCCCc1ccc3nc(-c4ccccc4)cc(c3c1)O2)C(C)=O. The van der Waals surface area contributed by atoms with Gasteiger partial charge in [-0.15, -0.1) is 6.58 Å². The lowest BCUT2D eigenvalue weighted by Gasteiger charge is -2.34. The molecule has 3 aliphatic rings. The van der Waals surface area contributed by atoms with Gasteiger partial charge in [0.1, 0.15) is 17.6 Å². The number of aromatic nitrogens is 1. The van der Waals surface area contributed by atoms with Crippen LogP contribution in [0.3, 0.4) is 0 Å². The molecule has 5 atom stereocenters. The quantitative estimate of drug-likeness (QED) is 0.201. The van der Waals surface area contributed by atoms with Crippen molar-refractivity contribution in [3.63, 3.8) is 0 Å². The topological polar surface area (TPSA) is 103 Å². The highest BCUT2D eigenvalue weighted by molar-refractivity contribution is 5.97. The van der Waals surface area contributed by atoms with Crippen molar-refractivity contribution >= 4 is 34.3 Å². The Balaban J connectivity index is 1.40. The van der Waals surface area contributed by atoms with E-state index in [-0.39, 0.29) is 49.2 Å². The van der Waals surface area contributed by atoms with Crippen LogP contribution < -0.4 is 4.74 Å². The Kier molecular flexibility index (Phi) is 9.79. The normalized spacial score (nSPS) is 26.4. The highest BCUT2D eigenvalue weighted by atomic mass is 16.5.